The molecule has 1 aliphatic rings. The fourth-order valence-corrected chi connectivity index (χ4v) is 2.03. The summed E-state index contributed by atoms with van der Waals surface area (Å²) in [7, 11) is 0. The van der Waals surface area contributed by atoms with Gasteiger partial charge in [-0.1, -0.05) is 24.3 Å². The van der Waals surface area contributed by atoms with Gasteiger partial charge in [0.2, 0.25) is 5.91 Å². The Balaban J connectivity index is 1.91. The van der Waals surface area contributed by atoms with E-state index in [1.165, 1.54) is 11.1 Å². The zero-order valence-corrected chi connectivity index (χ0v) is 10.2. The predicted octanol–water partition coefficient (Wildman–Crippen LogP) is 1.99. The number of fused-ring (bicyclic) bond motifs is 1. The number of nitrogens with zero attached hydrogens (tertiary/aromatic N) is 1. The third-order valence-corrected chi connectivity index (χ3v) is 3.32. The van der Waals surface area contributed by atoms with Crippen LogP contribution in [-0.4, -0.2) is 12.5 Å². The molecule has 1 aromatic rings. The Kier molecular flexibility index (Phi) is 2.89. The van der Waals surface area contributed by atoms with Gasteiger partial charge in [0.25, 0.3) is 0 Å². The van der Waals surface area contributed by atoms with Crippen LogP contribution in [0.15, 0.2) is 24.3 Å². The maximum Gasteiger partial charge on any atom is 0.239 e. The Morgan fingerprint density at radius 1 is 1.53 bits per heavy atom. The second kappa shape index (κ2) is 4.21. The second-order valence-electron chi connectivity index (χ2n) is 5.05. The minimum Gasteiger partial charge on any atom is -0.354 e. The summed E-state index contributed by atoms with van der Waals surface area (Å²) in [6.07, 6.45) is 1.02. The second-order valence-corrected chi connectivity index (χ2v) is 5.05. The third-order valence-electron chi connectivity index (χ3n) is 3.32. The molecule has 0 fully saturated rings. The minimum absolute atomic E-state index is 0.190. The van der Waals surface area contributed by atoms with Gasteiger partial charge in [-0.15, -0.1) is 0 Å². The Morgan fingerprint density at radius 2 is 2.24 bits per heavy atom. The van der Waals surface area contributed by atoms with Gasteiger partial charge in [0.1, 0.15) is 5.41 Å². The Bertz CT molecular complexity index is 485. The lowest BCUT2D eigenvalue weighted by Gasteiger charge is -2.30. The lowest BCUT2D eigenvalue weighted by Crippen LogP contribution is -2.40. The van der Waals surface area contributed by atoms with Crippen LogP contribution in [-0.2, 0) is 11.2 Å². The Morgan fingerprint density at radius 3 is 2.88 bits per heavy atom. The van der Waals surface area contributed by atoms with E-state index in [2.05, 4.69) is 17.4 Å². The molecule has 3 heteroatoms. The van der Waals surface area contributed by atoms with E-state index in [0.717, 1.165) is 6.42 Å². The molecule has 0 saturated carbocycles. The van der Waals surface area contributed by atoms with Gasteiger partial charge in [0, 0.05) is 12.5 Å². The van der Waals surface area contributed by atoms with Gasteiger partial charge in [-0.25, -0.2) is 0 Å². The first-order valence-electron chi connectivity index (χ1n) is 5.82. The van der Waals surface area contributed by atoms with Crippen molar-refractivity contribution in [2.24, 2.45) is 5.41 Å². The first kappa shape index (κ1) is 11.7. The van der Waals surface area contributed by atoms with Crippen molar-refractivity contribution in [3.63, 3.8) is 0 Å². The lowest BCUT2D eigenvalue weighted by atomic mass is 9.77. The van der Waals surface area contributed by atoms with Crippen LogP contribution in [0.5, 0.6) is 0 Å². The number of carbonyl (C=O) groups excluding carboxylic acids is 1. The van der Waals surface area contributed by atoms with E-state index in [-0.39, 0.29) is 5.91 Å². The van der Waals surface area contributed by atoms with E-state index in [1.807, 2.05) is 18.2 Å². The molecular formula is C14H16N2O. The molecule has 0 aromatic heterocycles. The topological polar surface area (TPSA) is 52.9 Å². The van der Waals surface area contributed by atoms with Gasteiger partial charge < -0.3 is 5.32 Å². The van der Waals surface area contributed by atoms with Crippen LogP contribution in [0.25, 0.3) is 0 Å². The highest BCUT2D eigenvalue weighted by Gasteiger charge is 2.30. The van der Waals surface area contributed by atoms with Crippen molar-refractivity contribution in [3.8, 4) is 6.07 Å². The molecule has 1 amide bonds. The molecule has 0 aliphatic heterocycles. The molecule has 1 N–H and O–H groups in total. The molecule has 0 spiro atoms. The zero-order valence-electron chi connectivity index (χ0n) is 10.2. The Hall–Kier alpha value is -1.82. The Labute approximate surface area is 101 Å². The average molecular weight is 228 g/mol. The number of rotatable bonds is 3. The first-order chi connectivity index (χ1) is 8.04. The number of hydrogen-bond acceptors (Lipinski definition) is 2. The maximum atomic E-state index is 11.7. The van der Waals surface area contributed by atoms with Crippen LogP contribution >= 0.6 is 0 Å². The lowest BCUT2D eigenvalue weighted by molar-refractivity contribution is -0.126. The van der Waals surface area contributed by atoms with E-state index >= 15 is 0 Å². The van der Waals surface area contributed by atoms with Crippen LogP contribution in [0.2, 0.25) is 0 Å². The number of carbonyl (C=O) groups is 1. The largest absolute Gasteiger partial charge is 0.354 e. The van der Waals surface area contributed by atoms with Crippen molar-refractivity contribution in [1.29, 1.82) is 5.26 Å². The quantitative estimate of drug-likeness (QED) is 0.860. The van der Waals surface area contributed by atoms with E-state index < -0.39 is 5.41 Å². The molecule has 1 unspecified atom stereocenters. The van der Waals surface area contributed by atoms with Crippen molar-refractivity contribution in [2.75, 3.05) is 6.54 Å². The smallest absolute Gasteiger partial charge is 0.239 e. The van der Waals surface area contributed by atoms with Crippen molar-refractivity contribution < 1.29 is 4.79 Å². The van der Waals surface area contributed by atoms with Crippen LogP contribution < -0.4 is 5.32 Å². The highest BCUT2D eigenvalue weighted by atomic mass is 16.2. The summed E-state index contributed by atoms with van der Waals surface area (Å²) in [4.78, 5) is 11.7. The number of benzene rings is 1. The van der Waals surface area contributed by atoms with Gasteiger partial charge in [0.05, 0.1) is 6.07 Å². The number of hydrogen-bond donors (Lipinski definition) is 1. The van der Waals surface area contributed by atoms with Gasteiger partial charge in [-0.2, -0.15) is 5.26 Å². The summed E-state index contributed by atoms with van der Waals surface area (Å²) in [5, 5.41) is 11.7. The molecule has 0 heterocycles. The maximum absolute atomic E-state index is 11.7. The molecule has 1 aromatic carbocycles. The van der Waals surface area contributed by atoms with E-state index in [0.29, 0.717) is 12.5 Å². The molecule has 2 rings (SSSR count). The summed E-state index contributed by atoms with van der Waals surface area (Å²) in [5.74, 6) is 0.217. The van der Waals surface area contributed by atoms with Crippen LogP contribution in [0, 0.1) is 16.7 Å². The number of amides is 1. The summed E-state index contributed by atoms with van der Waals surface area (Å²) < 4.78 is 0. The average Bonchev–Trinajstić information content (AvgIpc) is 2.30. The molecule has 0 radical (unpaired) electrons. The summed E-state index contributed by atoms with van der Waals surface area (Å²) in [6, 6.07) is 10.3. The molecule has 17 heavy (non-hydrogen) atoms. The van der Waals surface area contributed by atoms with Crippen molar-refractivity contribution in [3.05, 3.63) is 35.4 Å². The molecular weight excluding hydrogens is 212 g/mol. The van der Waals surface area contributed by atoms with Crippen molar-refractivity contribution >= 4 is 5.91 Å². The predicted molar refractivity (Wildman–Crippen MR) is 65.3 cm³/mol. The minimum atomic E-state index is -0.941. The molecule has 88 valence electrons. The van der Waals surface area contributed by atoms with Crippen LogP contribution in [0.1, 0.15) is 30.9 Å². The third kappa shape index (κ3) is 2.16. The highest BCUT2D eigenvalue weighted by Crippen LogP contribution is 2.34. The fourth-order valence-electron chi connectivity index (χ4n) is 2.03. The zero-order chi connectivity index (χ0) is 12.5. The normalized spacial score (nSPS) is 17.6. The summed E-state index contributed by atoms with van der Waals surface area (Å²) >= 11 is 0. The fraction of sp³-hybridized carbons (Fsp3) is 0.429. The monoisotopic (exact) mass is 228 g/mol. The van der Waals surface area contributed by atoms with E-state index in [1.54, 1.807) is 13.8 Å². The van der Waals surface area contributed by atoms with Gasteiger partial charge >= 0.3 is 0 Å². The van der Waals surface area contributed by atoms with Gasteiger partial charge in [-0.3, -0.25) is 4.79 Å². The van der Waals surface area contributed by atoms with Crippen LogP contribution in [0.4, 0.5) is 0 Å². The van der Waals surface area contributed by atoms with Crippen LogP contribution in [0.3, 0.4) is 0 Å². The molecule has 1 atom stereocenters. The van der Waals surface area contributed by atoms with E-state index in [9.17, 15) is 4.79 Å². The number of nitriles is 1. The van der Waals surface area contributed by atoms with Crippen molar-refractivity contribution in [2.45, 2.75) is 26.2 Å². The molecule has 0 bridgehead atoms. The standard InChI is InChI=1S/C14H16N2O/c1-14(2,9-15)13(17)16-8-11-7-10-5-3-4-6-12(10)11/h3-6,11H,7-8H2,1-2H3,(H,16,17). The van der Waals surface area contributed by atoms with E-state index in [4.69, 9.17) is 5.26 Å². The highest BCUT2D eigenvalue weighted by molar-refractivity contribution is 5.84. The number of nitrogens with one attached hydrogen (secondary N) is 1. The molecule has 0 saturated heterocycles. The molecule has 1 aliphatic carbocycles. The SMILES string of the molecule is CC(C)(C#N)C(=O)NCC1Cc2ccccc21. The van der Waals surface area contributed by atoms with Gasteiger partial charge in [0.15, 0.2) is 0 Å². The van der Waals surface area contributed by atoms with Gasteiger partial charge in [-0.05, 0) is 31.4 Å². The first-order valence-corrected chi connectivity index (χ1v) is 5.82. The summed E-state index contributed by atoms with van der Waals surface area (Å²) in [6.45, 7) is 3.90. The van der Waals surface area contributed by atoms with Crippen molar-refractivity contribution in [1.82, 2.24) is 5.32 Å². The molecule has 3 nitrogen and oxygen atoms in total. The summed E-state index contributed by atoms with van der Waals surface area (Å²) in [5.41, 5.74) is 1.75.